The van der Waals surface area contributed by atoms with Crippen LogP contribution in [0.4, 0.5) is 5.69 Å². The zero-order chi connectivity index (χ0) is 26.2. The van der Waals surface area contributed by atoms with Crippen molar-refractivity contribution >= 4 is 34.2 Å². The highest BCUT2D eigenvalue weighted by molar-refractivity contribution is 6.34. The Balaban J connectivity index is 1.38. The second kappa shape index (κ2) is 9.33. The summed E-state index contributed by atoms with van der Waals surface area (Å²) in [6.45, 7) is 0. The van der Waals surface area contributed by atoms with Crippen molar-refractivity contribution < 1.29 is 19.5 Å². The van der Waals surface area contributed by atoms with Gasteiger partial charge in [-0.2, -0.15) is 0 Å². The number of imide groups is 1. The molecule has 3 amide bonds. The molecule has 0 aliphatic carbocycles. The molecule has 0 saturated heterocycles. The minimum atomic E-state index is -0.655. The standard InChI is InChI=1S/C32H22N2O4/c35-27-18-17-20-9-4-5-14-24(20)28(27)29(21-10-2-1-3-11-21)33-30(36)22-12-8-13-23(19-22)34-31(37)25-15-6-7-16-26(25)32(34)38/h1-19,29,35H,(H,33,36). The largest absolute Gasteiger partial charge is 0.508 e. The number of anilines is 1. The van der Waals surface area contributed by atoms with Crippen LogP contribution in [-0.4, -0.2) is 22.8 Å². The minimum Gasteiger partial charge on any atom is -0.508 e. The monoisotopic (exact) mass is 498 g/mol. The Morgan fingerprint density at radius 1 is 0.711 bits per heavy atom. The third-order valence-electron chi connectivity index (χ3n) is 6.81. The number of carbonyl (C=O) groups excluding carboxylic acids is 3. The molecule has 6 heteroatoms. The minimum absolute atomic E-state index is 0.0672. The van der Waals surface area contributed by atoms with Crippen LogP contribution < -0.4 is 10.2 Å². The highest BCUT2D eigenvalue weighted by Crippen LogP contribution is 2.36. The average Bonchev–Trinajstić information content (AvgIpc) is 3.22. The molecule has 0 aromatic heterocycles. The van der Waals surface area contributed by atoms with Crippen LogP contribution in [0.1, 0.15) is 48.2 Å². The van der Waals surface area contributed by atoms with E-state index in [0.29, 0.717) is 22.4 Å². The van der Waals surface area contributed by atoms with Gasteiger partial charge in [0.1, 0.15) is 5.75 Å². The first kappa shape index (κ1) is 23.2. The number of phenolic OH excluding ortho intramolecular Hbond substituents is 1. The zero-order valence-electron chi connectivity index (χ0n) is 20.2. The third kappa shape index (κ3) is 3.89. The van der Waals surface area contributed by atoms with E-state index in [4.69, 9.17) is 0 Å². The Hall–Kier alpha value is -5.23. The fourth-order valence-electron chi connectivity index (χ4n) is 4.98. The lowest BCUT2D eigenvalue weighted by atomic mass is 9.92. The SMILES string of the molecule is O=C(NC(c1ccccc1)c1c(O)ccc2ccccc12)c1cccc(N2C(=O)c3ccccc3C2=O)c1. The number of amides is 3. The van der Waals surface area contributed by atoms with Crippen LogP contribution in [-0.2, 0) is 0 Å². The molecule has 5 aromatic rings. The zero-order valence-corrected chi connectivity index (χ0v) is 20.2. The summed E-state index contributed by atoms with van der Waals surface area (Å²) in [5.41, 5.74) is 2.64. The van der Waals surface area contributed by atoms with Gasteiger partial charge in [0.15, 0.2) is 0 Å². The molecule has 1 aliphatic rings. The highest BCUT2D eigenvalue weighted by Gasteiger charge is 2.36. The molecule has 0 radical (unpaired) electrons. The average molecular weight is 499 g/mol. The molecule has 0 fully saturated rings. The summed E-state index contributed by atoms with van der Waals surface area (Å²) in [4.78, 5) is 40.7. The second-order valence-corrected chi connectivity index (χ2v) is 9.08. The van der Waals surface area contributed by atoms with Crippen molar-refractivity contribution in [3.8, 4) is 5.75 Å². The number of hydrogen-bond donors (Lipinski definition) is 2. The number of fused-ring (bicyclic) bond motifs is 2. The predicted octanol–water partition coefficient (Wildman–Crippen LogP) is 5.87. The van der Waals surface area contributed by atoms with Crippen molar-refractivity contribution in [2.45, 2.75) is 6.04 Å². The smallest absolute Gasteiger partial charge is 0.266 e. The molecule has 6 nitrogen and oxygen atoms in total. The van der Waals surface area contributed by atoms with Gasteiger partial charge in [-0.1, -0.05) is 78.9 Å². The number of carbonyl (C=O) groups is 3. The van der Waals surface area contributed by atoms with Gasteiger partial charge >= 0.3 is 0 Å². The normalized spacial score (nSPS) is 13.4. The topological polar surface area (TPSA) is 86.7 Å². The van der Waals surface area contributed by atoms with Crippen molar-refractivity contribution in [1.82, 2.24) is 5.32 Å². The van der Waals surface area contributed by atoms with Gasteiger partial charge in [-0.15, -0.1) is 0 Å². The molecule has 2 N–H and O–H groups in total. The molecule has 5 aromatic carbocycles. The maximum Gasteiger partial charge on any atom is 0.266 e. The second-order valence-electron chi connectivity index (χ2n) is 9.08. The lowest BCUT2D eigenvalue weighted by Gasteiger charge is -2.23. The van der Waals surface area contributed by atoms with Crippen LogP contribution in [0, 0.1) is 0 Å². The van der Waals surface area contributed by atoms with Gasteiger partial charge in [-0.05, 0) is 52.7 Å². The molecule has 0 saturated carbocycles. The van der Waals surface area contributed by atoms with Crippen molar-refractivity contribution in [2.24, 2.45) is 0 Å². The first-order chi connectivity index (χ1) is 18.5. The molecule has 0 bridgehead atoms. The number of aromatic hydroxyl groups is 1. The molecule has 6 rings (SSSR count). The van der Waals surface area contributed by atoms with E-state index in [9.17, 15) is 19.5 Å². The Morgan fingerprint density at radius 2 is 1.37 bits per heavy atom. The number of nitrogens with zero attached hydrogens (tertiary/aromatic N) is 1. The molecule has 1 heterocycles. The van der Waals surface area contributed by atoms with Gasteiger partial charge in [0.25, 0.3) is 17.7 Å². The van der Waals surface area contributed by atoms with E-state index in [1.807, 2.05) is 60.7 Å². The summed E-state index contributed by atoms with van der Waals surface area (Å²) in [5.74, 6) is -1.20. The van der Waals surface area contributed by atoms with Crippen LogP contribution in [0.25, 0.3) is 10.8 Å². The molecular formula is C32H22N2O4. The third-order valence-corrected chi connectivity index (χ3v) is 6.81. The van der Waals surface area contributed by atoms with E-state index in [1.165, 1.54) is 6.07 Å². The molecule has 0 spiro atoms. The Labute approximate surface area is 218 Å². The predicted molar refractivity (Wildman–Crippen MR) is 145 cm³/mol. The maximum absolute atomic E-state index is 13.6. The number of benzene rings is 5. The van der Waals surface area contributed by atoms with Crippen molar-refractivity contribution in [3.05, 3.63) is 143 Å². The van der Waals surface area contributed by atoms with E-state index in [-0.39, 0.29) is 11.3 Å². The molecular weight excluding hydrogens is 476 g/mol. The van der Waals surface area contributed by atoms with Crippen molar-refractivity contribution in [2.75, 3.05) is 4.90 Å². The fourth-order valence-corrected chi connectivity index (χ4v) is 4.98. The Bertz CT molecular complexity index is 1690. The summed E-state index contributed by atoms with van der Waals surface area (Å²) in [6.07, 6.45) is 0. The van der Waals surface area contributed by atoms with E-state index in [2.05, 4.69) is 5.32 Å². The van der Waals surface area contributed by atoms with Crippen molar-refractivity contribution in [1.29, 1.82) is 0 Å². The Morgan fingerprint density at radius 3 is 2.11 bits per heavy atom. The van der Waals surface area contributed by atoms with E-state index < -0.39 is 23.8 Å². The molecule has 38 heavy (non-hydrogen) atoms. The molecule has 1 unspecified atom stereocenters. The van der Waals surface area contributed by atoms with Crippen LogP contribution in [0.5, 0.6) is 5.75 Å². The number of hydrogen-bond acceptors (Lipinski definition) is 4. The number of rotatable bonds is 5. The summed E-state index contributed by atoms with van der Waals surface area (Å²) < 4.78 is 0. The van der Waals surface area contributed by atoms with E-state index >= 15 is 0 Å². The number of nitrogens with one attached hydrogen (secondary N) is 1. The molecule has 1 aliphatic heterocycles. The van der Waals surface area contributed by atoms with Crippen LogP contribution >= 0.6 is 0 Å². The van der Waals surface area contributed by atoms with Gasteiger partial charge in [0.05, 0.1) is 22.9 Å². The van der Waals surface area contributed by atoms with Crippen LogP contribution in [0.15, 0.2) is 115 Å². The van der Waals surface area contributed by atoms with Crippen molar-refractivity contribution in [3.63, 3.8) is 0 Å². The quantitative estimate of drug-likeness (QED) is 0.297. The lowest BCUT2D eigenvalue weighted by molar-refractivity contribution is 0.0917. The summed E-state index contributed by atoms with van der Waals surface area (Å²) in [6, 6.07) is 33.0. The van der Waals surface area contributed by atoms with Crippen LogP contribution in [0.3, 0.4) is 0 Å². The van der Waals surface area contributed by atoms with Gasteiger partial charge in [0, 0.05) is 11.1 Å². The van der Waals surface area contributed by atoms with Gasteiger partial charge in [-0.25, -0.2) is 4.90 Å². The molecule has 1 atom stereocenters. The molecule has 184 valence electrons. The summed E-state index contributed by atoms with van der Waals surface area (Å²) in [5, 5.41) is 15.7. The highest BCUT2D eigenvalue weighted by atomic mass is 16.3. The van der Waals surface area contributed by atoms with E-state index in [1.54, 1.807) is 48.5 Å². The fraction of sp³-hybridized carbons (Fsp3) is 0.0312. The van der Waals surface area contributed by atoms with E-state index in [0.717, 1.165) is 21.2 Å². The maximum atomic E-state index is 13.6. The van der Waals surface area contributed by atoms with Gasteiger partial charge in [0.2, 0.25) is 0 Å². The first-order valence-electron chi connectivity index (χ1n) is 12.2. The summed E-state index contributed by atoms with van der Waals surface area (Å²) in [7, 11) is 0. The first-order valence-corrected chi connectivity index (χ1v) is 12.2. The van der Waals surface area contributed by atoms with Gasteiger partial charge in [-0.3, -0.25) is 14.4 Å². The van der Waals surface area contributed by atoms with Gasteiger partial charge < -0.3 is 10.4 Å². The Kier molecular flexibility index (Phi) is 5.69. The number of phenols is 1. The summed E-state index contributed by atoms with van der Waals surface area (Å²) >= 11 is 0. The van der Waals surface area contributed by atoms with Crippen LogP contribution in [0.2, 0.25) is 0 Å². The lowest BCUT2D eigenvalue weighted by Crippen LogP contribution is -2.31.